The van der Waals surface area contributed by atoms with E-state index >= 15 is 0 Å². The first-order valence-corrected chi connectivity index (χ1v) is 5.84. The molecule has 0 amide bonds. The molecule has 0 spiro atoms. The minimum Gasteiger partial charge on any atom is -0.329 e. The molecular formula is C13H18N4. The third-order valence-electron chi connectivity index (χ3n) is 2.95. The van der Waals surface area contributed by atoms with Crippen LogP contribution < -0.4 is 5.73 Å². The quantitative estimate of drug-likeness (QED) is 0.873. The van der Waals surface area contributed by atoms with Gasteiger partial charge in [-0.05, 0) is 18.1 Å². The highest BCUT2D eigenvalue weighted by molar-refractivity contribution is 5.57. The maximum absolute atomic E-state index is 6.09. The highest BCUT2D eigenvalue weighted by Crippen LogP contribution is 2.18. The van der Waals surface area contributed by atoms with Gasteiger partial charge in [0, 0.05) is 30.5 Å². The lowest BCUT2D eigenvalue weighted by Crippen LogP contribution is -2.31. The largest absolute Gasteiger partial charge is 0.329 e. The zero-order chi connectivity index (χ0) is 12.3. The second-order valence-electron chi connectivity index (χ2n) is 4.58. The molecule has 2 aromatic heterocycles. The zero-order valence-electron chi connectivity index (χ0n) is 10.2. The SMILES string of the molecule is CC(C)C(N)Cn1cncc1-c1ccncc1. The summed E-state index contributed by atoms with van der Waals surface area (Å²) in [7, 11) is 0. The van der Waals surface area contributed by atoms with Crippen molar-refractivity contribution >= 4 is 0 Å². The summed E-state index contributed by atoms with van der Waals surface area (Å²) in [6.07, 6.45) is 7.27. The third-order valence-corrected chi connectivity index (χ3v) is 2.95. The number of nitrogens with zero attached hydrogens (tertiary/aromatic N) is 3. The Kier molecular flexibility index (Phi) is 3.54. The van der Waals surface area contributed by atoms with Crippen LogP contribution in [0.25, 0.3) is 11.3 Å². The number of hydrogen-bond acceptors (Lipinski definition) is 3. The molecule has 1 atom stereocenters. The van der Waals surface area contributed by atoms with Crippen LogP contribution in [0.2, 0.25) is 0 Å². The molecule has 0 saturated carbocycles. The van der Waals surface area contributed by atoms with Gasteiger partial charge < -0.3 is 10.3 Å². The van der Waals surface area contributed by atoms with E-state index in [0.717, 1.165) is 17.8 Å². The Bertz CT molecular complexity index is 461. The Balaban J connectivity index is 2.23. The van der Waals surface area contributed by atoms with Gasteiger partial charge in [0.15, 0.2) is 0 Å². The lowest BCUT2D eigenvalue weighted by Gasteiger charge is -2.17. The number of aromatic nitrogens is 3. The van der Waals surface area contributed by atoms with Crippen molar-refractivity contribution in [3.05, 3.63) is 37.1 Å². The predicted molar refractivity (Wildman–Crippen MR) is 68.3 cm³/mol. The van der Waals surface area contributed by atoms with Gasteiger partial charge in [0.1, 0.15) is 0 Å². The molecule has 2 N–H and O–H groups in total. The van der Waals surface area contributed by atoms with Gasteiger partial charge in [-0.3, -0.25) is 4.98 Å². The van der Waals surface area contributed by atoms with Gasteiger partial charge in [-0.2, -0.15) is 0 Å². The van der Waals surface area contributed by atoms with Gasteiger partial charge in [-0.1, -0.05) is 13.8 Å². The number of rotatable bonds is 4. The standard InChI is InChI=1S/C13H18N4/c1-10(2)12(14)8-17-9-16-7-13(17)11-3-5-15-6-4-11/h3-7,9-10,12H,8,14H2,1-2H3. The Labute approximate surface area is 102 Å². The summed E-state index contributed by atoms with van der Waals surface area (Å²) in [5.74, 6) is 0.461. The van der Waals surface area contributed by atoms with Crippen molar-refractivity contribution in [3.63, 3.8) is 0 Å². The van der Waals surface area contributed by atoms with Crippen LogP contribution in [-0.2, 0) is 6.54 Å². The van der Waals surface area contributed by atoms with Crippen molar-refractivity contribution in [3.8, 4) is 11.3 Å². The van der Waals surface area contributed by atoms with E-state index in [1.807, 2.05) is 24.7 Å². The zero-order valence-corrected chi connectivity index (χ0v) is 10.2. The van der Waals surface area contributed by atoms with E-state index in [1.54, 1.807) is 12.4 Å². The van der Waals surface area contributed by atoms with Crippen molar-refractivity contribution < 1.29 is 0 Å². The summed E-state index contributed by atoms with van der Waals surface area (Å²) in [5.41, 5.74) is 8.30. The summed E-state index contributed by atoms with van der Waals surface area (Å²) < 4.78 is 2.10. The van der Waals surface area contributed by atoms with Crippen LogP contribution >= 0.6 is 0 Å². The topological polar surface area (TPSA) is 56.7 Å². The summed E-state index contributed by atoms with van der Waals surface area (Å²) >= 11 is 0. The highest BCUT2D eigenvalue weighted by atomic mass is 15.1. The molecule has 1 unspecified atom stereocenters. The molecule has 2 rings (SSSR count). The molecule has 0 aliphatic carbocycles. The molecule has 0 saturated heterocycles. The second kappa shape index (κ2) is 5.10. The van der Waals surface area contributed by atoms with Crippen molar-refractivity contribution in [2.24, 2.45) is 11.7 Å². The van der Waals surface area contributed by atoms with Gasteiger partial charge in [-0.25, -0.2) is 4.98 Å². The van der Waals surface area contributed by atoms with Gasteiger partial charge >= 0.3 is 0 Å². The number of nitrogens with two attached hydrogens (primary N) is 1. The van der Waals surface area contributed by atoms with E-state index < -0.39 is 0 Å². The molecule has 2 heterocycles. The van der Waals surface area contributed by atoms with Crippen LogP contribution in [0.5, 0.6) is 0 Å². The normalized spacial score (nSPS) is 12.9. The average Bonchev–Trinajstić information content (AvgIpc) is 2.78. The second-order valence-corrected chi connectivity index (χ2v) is 4.58. The molecule has 0 radical (unpaired) electrons. The Hall–Kier alpha value is -1.68. The van der Waals surface area contributed by atoms with Gasteiger partial charge in [0.05, 0.1) is 18.2 Å². The van der Waals surface area contributed by atoms with Crippen molar-refractivity contribution in [2.75, 3.05) is 0 Å². The van der Waals surface area contributed by atoms with Gasteiger partial charge in [-0.15, -0.1) is 0 Å². The lowest BCUT2D eigenvalue weighted by atomic mass is 10.1. The summed E-state index contributed by atoms with van der Waals surface area (Å²) in [4.78, 5) is 8.22. The van der Waals surface area contributed by atoms with E-state index in [1.165, 1.54) is 0 Å². The minimum absolute atomic E-state index is 0.143. The van der Waals surface area contributed by atoms with Crippen LogP contribution in [-0.4, -0.2) is 20.6 Å². The molecule has 4 nitrogen and oxygen atoms in total. The monoisotopic (exact) mass is 230 g/mol. The maximum atomic E-state index is 6.09. The minimum atomic E-state index is 0.143. The van der Waals surface area contributed by atoms with E-state index in [2.05, 4.69) is 28.4 Å². The van der Waals surface area contributed by atoms with E-state index in [-0.39, 0.29) is 6.04 Å². The van der Waals surface area contributed by atoms with E-state index in [4.69, 9.17) is 5.73 Å². The first-order chi connectivity index (χ1) is 8.18. The molecule has 0 aliphatic rings. The van der Waals surface area contributed by atoms with Crippen LogP contribution in [0, 0.1) is 5.92 Å². The van der Waals surface area contributed by atoms with Crippen LogP contribution in [0.4, 0.5) is 0 Å². The summed E-state index contributed by atoms with van der Waals surface area (Å²) in [6.45, 7) is 5.05. The Morgan fingerprint density at radius 1 is 1.24 bits per heavy atom. The average molecular weight is 230 g/mol. The van der Waals surface area contributed by atoms with Crippen molar-refractivity contribution in [2.45, 2.75) is 26.4 Å². The van der Waals surface area contributed by atoms with Gasteiger partial charge in [0.2, 0.25) is 0 Å². The molecule has 0 aromatic carbocycles. The molecule has 4 heteroatoms. The Morgan fingerprint density at radius 3 is 2.59 bits per heavy atom. The smallest absolute Gasteiger partial charge is 0.0951 e. The number of imidazole rings is 1. The molecule has 0 bridgehead atoms. The molecule has 90 valence electrons. The first-order valence-electron chi connectivity index (χ1n) is 5.84. The van der Waals surface area contributed by atoms with Crippen molar-refractivity contribution in [1.82, 2.24) is 14.5 Å². The van der Waals surface area contributed by atoms with E-state index in [0.29, 0.717) is 5.92 Å². The molecular weight excluding hydrogens is 212 g/mol. The van der Waals surface area contributed by atoms with E-state index in [9.17, 15) is 0 Å². The van der Waals surface area contributed by atoms with Crippen LogP contribution in [0.3, 0.4) is 0 Å². The summed E-state index contributed by atoms with van der Waals surface area (Å²) in [6, 6.07) is 4.10. The molecule has 17 heavy (non-hydrogen) atoms. The third kappa shape index (κ3) is 2.71. The van der Waals surface area contributed by atoms with Crippen molar-refractivity contribution in [1.29, 1.82) is 0 Å². The number of pyridine rings is 1. The summed E-state index contributed by atoms with van der Waals surface area (Å²) in [5, 5.41) is 0. The molecule has 2 aromatic rings. The van der Waals surface area contributed by atoms with Gasteiger partial charge in [0.25, 0.3) is 0 Å². The first kappa shape index (κ1) is 11.8. The molecule has 0 aliphatic heterocycles. The van der Waals surface area contributed by atoms with Crippen LogP contribution in [0.1, 0.15) is 13.8 Å². The fourth-order valence-corrected chi connectivity index (χ4v) is 1.67. The maximum Gasteiger partial charge on any atom is 0.0951 e. The number of hydrogen-bond donors (Lipinski definition) is 1. The molecule has 0 fully saturated rings. The highest BCUT2D eigenvalue weighted by Gasteiger charge is 2.11. The lowest BCUT2D eigenvalue weighted by molar-refractivity contribution is 0.435. The fourth-order valence-electron chi connectivity index (χ4n) is 1.67. The predicted octanol–water partition coefficient (Wildman–Crippen LogP) is 1.93. The Morgan fingerprint density at radius 2 is 1.94 bits per heavy atom. The fraction of sp³-hybridized carbons (Fsp3) is 0.385. The van der Waals surface area contributed by atoms with Crippen LogP contribution in [0.15, 0.2) is 37.1 Å².